The van der Waals surface area contributed by atoms with Crippen LogP contribution in [0.2, 0.25) is 0 Å². The predicted octanol–water partition coefficient (Wildman–Crippen LogP) is 3.08. The summed E-state index contributed by atoms with van der Waals surface area (Å²) in [5.41, 5.74) is 1.68. The number of carboxylic acid groups (broad SMARTS) is 1. The van der Waals surface area contributed by atoms with Crippen LogP contribution in [0.25, 0.3) is 0 Å². The molecule has 12 heteroatoms. The summed E-state index contributed by atoms with van der Waals surface area (Å²) in [7, 11) is -1.72. The van der Waals surface area contributed by atoms with Crippen molar-refractivity contribution in [3.8, 4) is 0 Å². The summed E-state index contributed by atoms with van der Waals surface area (Å²) in [5.74, 6) is -2.77. The third-order valence-electron chi connectivity index (χ3n) is 6.24. The number of aromatic nitrogens is 1. The van der Waals surface area contributed by atoms with Gasteiger partial charge < -0.3 is 10.0 Å². The first-order valence-corrected chi connectivity index (χ1v) is 12.2. The van der Waals surface area contributed by atoms with E-state index in [0.29, 0.717) is 24.5 Å². The number of sulfonamides is 1. The van der Waals surface area contributed by atoms with Crippen LogP contribution in [0.3, 0.4) is 0 Å². The number of hydrogen-bond acceptors (Lipinski definition) is 5. The number of rotatable bonds is 5. The summed E-state index contributed by atoms with van der Waals surface area (Å²) in [5, 5.41) is 7.12. The normalized spacial score (nSPS) is 21.8. The minimum absolute atomic E-state index is 0.0836. The van der Waals surface area contributed by atoms with Crippen molar-refractivity contribution >= 4 is 21.9 Å². The number of carboxylic acids is 1. The molecule has 190 valence electrons. The van der Waals surface area contributed by atoms with Crippen LogP contribution in [0.1, 0.15) is 24.1 Å². The molecular formula is C23H26F3N3O5S. The van der Waals surface area contributed by atoms with Crippen molar-refractivity contribution in [2.45, 2.75) is 37.4 Å². The number of amides is 1. The maximum absolute atomic E-state index is 12.9. The zero-order valence-corrected chi connectivity index (χ0v) is 20.0. The van der Waals surface area contributed by atoms with Gasteiger partial charge in [-0.15, -0.1) is 0 Å². The standard InChI is InChI=1S/C21H25N3O3S.C2HF3O2/c1-16-6-8-18(9-7-16)28(26,27)24-12-10-21(15-24)13-19(21)20(25)23(2)14-17-5-3-4-11-22-17;3-2(4,5)1(6)7/h3-9,11,19H,10,12-15H2,1-2H3;(H,6,7). The zero-order chi connectivity index (χ0) is 26.0. The number of nitrogens with zero attached hydrogens (tertiary/aromatic N) is 3. The molecule has 1 N–H and O–H groups in total. The summed E-state index contributed by atoms with van der Waals surface area (Å²) < 4.78 is 59.2. The Labute approximate surface area is 201 Å². The highest BCUT2D eigenvalue weighted by atomic mass is 32.2. The maximum Gasteiger partial charge on any atom is 0.490 e. The third kappa shape index (κ3) is 6.17. The van der Waals surface area contributed by atoms with Crippen molar-refractivity contribution in [2.24, 2.45) is 11.3 Å². The maximum atomic E-state index is 12.9. The molecule has 35 heavy (non-hydrogen) atoms. The quantitative estimate of drug-likeness (QED) is 0.659. The fourth-order valence-electron chi connectivity index (χ4n) is 4.15. The van der Waals surface area contributed by atoms with E-state index in [0.717, 1.165) is 24.1 Å². The van der Waals surface area contributed by atoms with E-state index < -0.39 is 22.2 Å². The van der Waals surface area contributed by atoms with Gasteiger partial charge in [0.25, 0.3) is 0 Å². The van der Waals surface area contributed by atoms with Gasteiger partial charge in [-0.2, -0.15) is 17.5 Å². The largest absolute Gasteiger partial charge is 0.490 e. The highest BCUT2D eigenvalue weighted by Crippen LogP contribution is 2.59. The molecular weight excluding hydrogens is 487 g/mol. The Morgan fingerprint density at radius 1 is 1.20 bits per heavy atom. The topological polar surface area (TPSA) is 108 Å². The minimum Gasteiger partial charge on any atom is -0.475 e. The van der Waals surface area contributed by atoms with Crippen molar-refractivity contribution in [2.75, 3.05) is 20.1 Å². The molecule has 2 aliphatic rings. The van der Waals surface area contributed by atoms with Crippen LogP contribution in [0.4, 0.5) is 13.2 Å². The molecule has 2 heterocycles. The predicted molar refractivity (Wildman–Crippen MR) is 119 cm³/mol. The Morgan fingerprint density at radius 3 is 2.37 bits per heavy atom. The number of benzene rings is 1. The molecule has 8 nitrogen and oxygen atoms in total. The van der Waals surface area contributed by atoms with E-state index in [9.17, 15) is 26.4 Å². The number of carbonyl (C=O) groups is 2. The Kier molecular flexibility index (Phi) is 7.56. The van der Waals surface area contributed by atoms with Gasteiger partial charge in [-0.05, 0) is 49.4 Å². The summed E-state index contributed by atoms with van der Waals surface area (Å²) >= 11 is 0. The molecule has 1 spiro atoms. The van der Waals surface area contributed by atoms with Crippen LogP contribution in [0, 0.1) is 18.3 Å². The van der Waals surface area contributed by atoms with Gasteiger partial charge in [-0.1, -0.05) is 23.8 Å². The molecule has 2 unspecified atom stereocenters. The minimum atomic E-state index is -5.08. The van der Waals surface area contributed by atoms with Gasteiger partial charge in [0, 0.05) is 32.3 Å². The fraction of sp³-hybridized carbons (Fsp3) is 0.435. The number of pyridine rings is 1. The lowest BCUT2D eigenvalue weighted by atomic mass is 10.0. The smallest absolute Gasteiger partial charge is 0.475 e. The molecule has 2 fully saturated rings. The zero-order valence-electron chi connectivity index (χ0n) is 19.2. The Balaban J connectivity index is 0.000000429. The Bertz CT molecular complexity index is 1170. The first-order valence-electron chi connectivity index (χ1n) is 10.8. The van der Waals surface area contributed by atoms with E-state index in [1.54, 1.807) is 34.6 Å². The third-order valence-corrected chi connectivity index (χ3v) is 8.10. The van der Waals surface area contributed by atoms with E-state index in [-0.39, 0.29) is 17.2 Å². The number of halogens is 3. The van der Waals surface area contributed by atoms with Crippen molar-refractivity contribution < 1.29 is 36.3 Å². The van der Waals surface area contributed by atoms with Gasteiger partial charge in [-0.3, -0.25) is 9.78 Å². The second-order valence-electron chi connectivity index (χ2n) is 8.84. The van der Waals surface area contributed by atoms with Crippen molar-refractivity contribution in [3.05, 3.63) is 59.9 Å². The SMILES string of the molecule is Cc1ccc(S(=O)(=O)N2CCC3(CC3C(=O)N(C)Cc3ccccn3)C2)cc1.O=C(O)C(F)(F)F. The lowest BCUT2D eigenvalue weighted by Gasteiger charge is -2.19. The first-order chi connectivity index (χ1) is 16.3. The molecule has 0 bridgehead atoms. The second-order valence-corrected chi connectivity index (χ2v) is 10.8. The van der Waals surface area contributed by atoms with Crippen LogP contribution >= 0.6 is 0 Å². The summed E-state index contributed by atoms with van der Waals surface area (Å²) in [6.45, 7) is 3.31. The highest BCUT2D eigenvalue weighted by molar-refractivity contribution is 7.89. The summed E-state index contributed by atoms with van der Waals surface area (Å²) in [6.07, 6.45) is -1.86. The van der Waals surface area contributed by atoms with Gasteiger partial charge in [-0.25, -0.2) is 13.2 Å². The molecule has 1 saturated carbocycles. The Morgan fingerprint density at radius 2 is 1.83 bits per heavy atom. The molecule has 2 aromatic rings. The lowest BCUT2D eigenvalue weighted by Crippen LogP contribution is -2.32. The fourth-order valence-corrected chi connectivity index (χ4v) is 5.68. The van der Waals surface area contributed by atoms with Gasteiger partial charge in [0.2, 0.25) is 15.9 Å². The van der Waals surface area contributed by atoms with E-state index in [2.05, 4.69) is 4.98 Å². The van der Waals surface area contributed by atoms with E-state index >= 15 is 0 Å². The summed E-state index contributed by atoms with van der Waals surface area (Å²) in [4.78, 5) is 28.1. The van der Waals surface area contributed by atoms with Crippen molar-refractivity contribution in [1.82, 2.24) is 14.2 Å². The highest BCUT2D eigenvalue weighted by Gasteiger charge is 2.62. The number of aliphatic carboxylic acids is 1. The van der Waals surface area contributed by atoms with Crippen molar-refractivity contribution in [3.63, 3.8) is 0 Å². The Hall–Kier alpha value is -2.99. The van der Waals surface area contributed by atoms with E-state index in [1.807, 2.05) is 37.3 Å². The molecule has 1 saturated heterocycles. The molecule has 1 aliphatic carbocycles. The van der Waals surface area contributed by atoms with Crippen LogP contribution in [0.5, 0.6) is 0 Å². The monoisotopic (exact) mass is 513 g/mol. The molecule has 1 amide bonds. The lowest BCUT2D eigenvalue weighted by molar-refractivity contribution is -0.192. The number of aryl methyl sites for hydroxylation is 1. The van der Waals surface area contributed by atoms with Crippen LogP contribution in [-0.4, -0.2) is 65.9 Å². The summed E-state index contributed by atoms with van der Waals surface area (Å²) in [6, 6.07) is 12.6. The number of carbonyl (C=O) groups excluding carboxylic acids is 1. The van der Waals surface area contributed by atoms with Gasteiger partial charge in [0.05, 0.1) is 17.1 Å². The molecule has 1 aromatic carbocycles. The molecule has 1 aliphatic heterocycles. The van der Waals surface area contributed by atoms with Crippen molar-refractivity contribution in [1.29, 1.82) is 0 Å². The van der Waals surface area contributed by atoms with E-state index in [1.165, 1.54) is 0 Å². The van der Waals surface area contributed by atoms with Gasteiger partial charge in [0.1, 0.15) is 0 Å². The van der Waals surface area contributed by atoms with E-state index in [4.69, 9.17) is 9.90 Å². The molecule has 4 rings (SSSR count). The van der Waals surface area contributed by atoms with Crippen LogP contribution < -0.4 is 0 Å². The average molecular weight is 514 g/mol. The molecule has 0 radical (unpaired) electrons. The number of hydrogen-bond donors (Lipinski definition) is 1. The molecule has 1 aromatic heterocycles. The van der Waals surface area contributed by atoms with Gasteiger partial charge in [0.15, 0.2) is 0 Å². The first kappa shape index (κ1) is 26.6. The number of alkyl halides is 3. The average Bonchev–Trinajstić information content (AvgIpc) is 3.31. The van der Waals surface area contributed by atoms with Crippen LogP contribution in [0.15, 0.2) is 53.6 Å². The second kappa shape index (κ2) is 9.94. The molecule has 2 atom stereocenters. The van der Waals surface area contributed by atoms with Crippen LogP contribution in [-0.2, 0) is 26.2 Å². The van der Waals surface area contributed by atoms with Gasteiger partial charge >= 0.3 is 12.1 Å².